The third-order valence-electron chi connectivity index (χ3n) is 2.84. The summed E-state index contributed by atoms with van der Waals surface area (Å²) in [4.78, 5) is 14.3. The van der Waals surface area contributed by atoms with E-state index in [9.17, 15) is 4.79 Å². The third-order valence-corrected chi connectivity index (χ3v) is 3.81. The van der Waals surface area contributed by atoms with Gasteiger partial charge in [0.15, 0.2) is 0 Å². The molecule has 1 unspecified atom stereocenters. The Morgan fingerprint density at radius 1 is 1.29 bits per heavy atom. The van der Waals surface area contributed by atoms with E-state index in [1.165, 1.54) is 4.88 Å². The van der Waals surface area contributed by atoms with E-state index in [-0.39, 0.29) is 11.9 Å². The average Bonchev–Trinajstić information content (AvgIpc) is 2.55. The lowest BCUT2D eigenvalue weighted by Crippen LogP contribution is -2.32. The summed E-state index contributed by atoms with van der Waals surface area (Å²) < 4.78 is 0. The molecular weight excluding hydrogens is 230 g/mol. The Labute approximate surface area is 108 Å². The molecule has 0 aliphatic carbocycles. The molecule has 1 atom stereocenters. The maximum atomic E-state index is 12.0. The average molecular weight is 253 g/mol. The summed E-state index contributed by atoms with van der Waals surface area (Å²) in [5.74, 6) is 0.766. The van der Waals surface area contributed by atoms with Gasteiger partial charge in [-0.3, -0.25) is 4.79 Å². The standard InChI is InChI=1S/C14H23NOS/c1-9(2)6-7-10(3)15-14(16)13-8-11(4)17-12(13)5/h8-10H,6-7H2,1-5H3,(H,15,16). The lowest BCUT2D eigenvalue weighted by Gasteiger charge is -2.14. The van der Waals surface area contributed by atoms with Crippen LogP contribution in [0.4, 0.5) is 0 Å². The Bertz CT molecular complexity index is 382. The number of carbonyl (C=O) groups is 1. The van der Waals surface area contributed by atoms with Crippen LogP contribution in [0.2, 0.25) is 0 Å². The number of nitrogens with one attached hydrogen (secondary N) is 1. The predicted molar refractivity (Wildman–Crippen MR) is 74.8 cm³/mol. The zero-order valence-corrected chi connectivity index (χ0v) is 12.3. The van der Waals surface area contributed by atoms with E-state index < -0.39 is 0 Å². The monoisotopic (exact) mass is 253 g/mol. The van der Waals surface area contributed by atoms with Crippen LogP contribution in [0, 0.1) is 19.8 Å². The highest BCUT2D eigenvalue weighted by Crippen LogP contribution is 2.20. The maximum Gasteiger partial charge on any atom is 0.252 e. The molecule has 0 fully saturated rings. The molecule has 3 heteroatoms. The van der Waals surface area contributed by atoms with Gasteiger partial charge in [-0.05, 0) is 45.6 Å². The quantitative estimate of drug-likeness (QED) is 0.846. The number of hydrogen-bond donors (Lipinski definition) is 1. The van der Waals surface area contributed by atoms with Gasteiger partial charge in [-0.15, -0.1) is 11.3 Å². The van der Waals surface area contributed by atoms with Crippen LogP contribution in [0.15, 0.2) is 6.07 Å². The Morgan fingerprint density at radius 3 is 2.41 bits per heavy atom. The van der Waals surface area contributed by atoms with E-state index in [4.69, 9.17) is 0 Å². The molecule has 1 rings (SSSR count). The summed E-state index contributed by atoms with van der Waals surface area (Å²) in [7, 11) is 0. The third kappa shape index (κ3) is 4.50. The highest BCUT2D eigenvalue weighted by molar-refractivity contribution is 7.12. The van der Waals surface area contributed by atoms with Crippen molar-refractivity contribution in [1.82, 2.24) is 5.32 Å². The molecule has 0 saturated carbocycles. The van der Waals surface area contributed by atoms with Gasteiger partial charge in [0.1, 0.15) is 0 Å². The fourth-order valence-electron chi connectivity index (χ4n) is 1.81. The molecule has 0 aliphatic heterocycles. The van der Waals surface area contributed by atoms with Crippen molar-refractivity contribution < 1.29 is 4.79 Å². The van der Waals surface area contributed by atoms with Crippen LogP contribution in [0.5, 0.6) is 0 Å². The Morgan fingerprint density at radius 2 is 1.94 bits per heavy atom. The number of rotatable bonds is 5. The summed E-state index contributed by atoms with van der Waals surface area (Å²) >= 11 is 1.68. The van der Waals surface area contributed by atoms with Crippen LogP contribution in [0.25, 0.3) is 0 Å². The van der Waals surface area contributed by atoms with E-state index in [1.54, 1.807) is 11.3 Å². The summed E-state index contributed by atoms with van der Waals surface area (Å²) in [6.45, 7) is 10.5. The first-order valence-corrected chi connectivity index (χ1v) is 7.09. The first kappa shape index (κ1) is 14.2. The maximum absolute atomic E-state index is 12.0. The fraction of sp³-hybridized carbons (Fsp3) is 0.643. The fourth-order valence-corrected chi connectivity index (χ4v) is 2.73. The van der Waals surface area contributed by atoms with Crippen molar-refractivity contribution in [2.24, 2.45) is 5.92 Å². The molecule has 2 nitrogen and oxygen atoms in total. The van der Waals surface area contributed by atoms with Crippen LogP contribution in [0.3, 0.4) is 0 Å². The summed E-state index contributed by atoms with van der Waals surface area (Å²) in [5, 5.41) is 3.07. The molecular formula is C14H23NOS. The van der Waals surface area contributed by atoms with E-state index in [0.717, 1.165) is 23.3 Å². The summed E-state index contributed by atoms with van der Waals surface area (Å²) in [5.41, 5.74) is 0.837. The van der Waals surface area contributed by atoms with E-state index >= 15 is 0 Å². The van der Waals surface area contributed by atoms with Crippen LogP contribution in [-0.2, 0) is 0 Å². The number of amides is 1. The van der Waals surface area contributed by atoms with Gasteiger partial charge >= 0.3 is 0 Å². The number of hydrogen-bond acceptors (Lipinski definition) is 2. The molecule has 0 aromatic carbocycles. The van der Waals surface area contributed by atoms with E-state index in [0.29, 0.717) is 5.92 Å². The lowest BCUT2D eigenvalue weighted by molar-refractivity contribution is 0.0937. The van der Waals surface area contributed by atoms with Gasteiger partial charge in [0.05, 0.1) is 5.56 Å². The van der Waals surface area contributed by atoms with Crippen LogP contribution >= 0.6 is 11.3 Å². The zero-order valence-electron chi connectivity index (χ0n) is 11.5. The molecule has 0 spiro atoms. The molecule has 1 amide bonds. The normalized spacial score (nSPS) is 12.8. The highest BCUT2D eigenvalue weighted by atomic mass is 32.1. The molecule has 0 saturated heterocycles. The zero-order chi connectivity index (χ0) is 13.0. The summed E-state index contributed by atoms with van der Waals surface area (Å²) in [6, 6.07) is 2.23. The number of carbonyl (C=O) groups excluding carboxylic acids is 1. The lowest BCUT2D eigenvalue weighted by atomic mass is 10.0. The molecule has 1 N–H and O–H groups in total. The SMILES string of the molecule is Cc1cc(C(=O)NC(C)CCC(C)C)c(C)s1. The number of aryl methyl sites for hydroxylation is 2. The topological polar surface area (TPSA) is 29.1 Å². The molecule has 1 aromatic heterocycles. The molecule has 0 radical (unpaired) electrons. The minimum atomic E-state index is 0.0723. The first-order chi connectivity index (χ1) is 7.90. The second-order valence-corrected chi connectivity index (χ2v) is 6.63. The van der Waals surface area contributed by atoms with Crippen molar-refractivity contribution in [2.45, 2.75) is 53.5 Å². The molecule has 96 valence electrons. The highest BCUT2D eigenvalue weighted by Gasteiger charge is 2.14. The van der Waals surface area contributed by atoms with Crippen molar-refractivity contribution in [3.8, 4) is 0 Å². The predicted octanol–water partition coefficient (Wildman–Crippen LogP) is 3.92. The van der Waals surface area contributed by atoms with Crippen LogP contribution < -0.4 is 5.32 Å². The van der Waals surface area contributed by atoms with Gasteiger partial charge in [0, 0.05) is 15.8 Å². The summed E-state index contributed by atoms with van der Waals surface area (Å²) in [6.07, 6.45) is 2.20. The van der Waals surface area contributed by atoms with Gasteiger partial charge in [0.25, 0.3) is 5.91 Å². The van der Waals surface area contributed by atoms with Gasteiger partial charge in [-0.1, -0.05) is 13.8 Å². The largest absolute Gasteiger partial charge is 0.350 e. The minimum absolute atomic E-state index is 0.0723. The van der Waals surface area contributed by atoms with Crippen molar-refractivity contribution in [3.05, 3.63) is 21.4 Å². The van der Waals surface area contributed by atoms with Gasteiger partial charge < -0.3 is 5.32 Å². The first-order valence-electron chi connectivity index (χ1n) is 6.28. The van der Waals surface area contributed by atoms with Gasteiger partial charge in [0.2, 0.25) is 0 Å². The van der Waals surface area contributed by atoms with Crippen LogP contribution in [-0.4, -0.2) is 11.9 Å². The second-order valence-electron chi connectivity index (χ2n) is 5.17. The molecule has 17 heavy (non-hydrogen) atoms. The Hall–Kier alpha value is -0.830. The Balaban J connectivity index is 2.51. The van der Waals surface area contributed by atoms with Crippen molar-refractivity contribution in [3.63, 3.8) is 0 Å². The van der Waals surface area contributed by atoms with Crippen molar-refractivity contribution in [1.29, 1.82) is 0 Å². The molecule has 1 aromatic rings. The van der Waals surface area contributed by atoms with Gasteiger partial charge in [-0.25, -0.2) is 0 Å². The van der Waals surface area contributed by atoms with Crippen molar-refractivity contribution in [2.75, 3.05) is 0 Å². The molecule has 0 bridgehead atoms. The number of thiophene rings is 1. The van der Waals surface area contributed by atoms with Crippen molar-refractivity contribution >= 4 is 17.2 Å². The van der Waals surface area contributed by atoms with Gasteiger partial charge in [-0.2, -0.15) is 0 Å². The van der Waals surface area contributed by atoms with E-state index in [1.807, 2.05) is 19.9 Å². The van der Waals surface area contributed by atoms with Crippen LogP contribution in [0.1, 0.15) is 53.7 Å². The Kier molecular flexibility index (Phi) is 5.19. The second kappa shape index (κ2) is 6.20. The minimum Gasteiger partial charge on any atom is -0.350 e. The van der Waals surface area contributed by atoms with E-state index in [2.05, 4.69) is 26.1 Å². The smallest absolute Gasteiger partial charge is 0.252 e. The molecule has 1 heterocycles. The molecule has 0 aliphatic rings.